The average molecular weight is 253 g/mol. The molecule has 68 valence electrons. The lowest BCUT2D eigenvalue weighted by molar-refractivity contribution is 0.466. The third-order valence-corrected chi connectivity index (χ3v) is 1.91. The number of nitrogens with one attached hydrogen (secondary N) is 1. The van der Waals surface area contributed by atoms with Gasteiger partial charge in [0.2, 0.25) is 0 Å². The molecule has 0 aliphatic heterocycles. The molecule has 1 aromatic rings. The monoisotopic (exact) mass is 251 g/mol. The third-order valence-electron chi connectivity index (χ3n) is 1.41. The van der Waals surface area contributed by atoms with Crippen LogP contribution in [-0.4, -0.2) is 12.2 Å². The van der Waals surface area contributed by atoms with Gasteiger partial charge >= 0.3 is 0 Å². The molecule has 0 bridgehead atoms. The van der Waals surface area contributed by atoms with Gasteiger partial charge in [0.05, 0.1) is 0 Å². The lowest BCUT2D eigenvalue weighted by Crippen LogP contribution is -2.04. The van der Waals surface area contributed by atoms with Gasteiger partial charge in [0, 0.05) is 16.6 Å². The molecule has 0 aromatic heterocycles. The SMILES string of the molecule is CNCc1ccc(Br)cc1O.Cl. The van der Waals surface area contributed by atoms with Crippen LogP contribution in [0.3, 0.4) is 0 Å². The molecule has 0 aliphatic rings. The van der Waals surface area contributed by atoms with Crippen molar-refractivity contribution in [3.63, 3.8) is 0 Å². The number of aromatic hydroxyl groups is 1. The highest BCUT2D eigenvalue weighted by Gasteiger charge is 1.98. The Morgan fingerprint density at radius 1 is 1.50 bits per heavy atom. The molecule has 0 fully saturated rings. The summed E-state index contributed by atoms with van der Waals surface area (Å²) in [6.07, 6.45) is 0. The fourth-order valence-corrected chi connectivity index (χ4v) is 1.23. The Kier molecular flexibility index (Phi) is 5.29. The smallest absolute Gasteiger partial charge is 0.121 e. The highest BCUT2D eigenvalue weighted by Crippen LogP contribution is 2.21. The van der Waals surface area contributed by atoms with E-state index in [0.29, 0.717) is 12.3 Å². The normalized spacial score (nSPS) is 9.17. The fourth-order valence-electron chi connectivity index (χ4n) is 0.877. The predicted molar refractivity (Wildman–Crippen MR) is 55.8 cm³/mol. The van der Waals surface area contributed by atoms with E-state index in [9.17, 15) is 5.11 Å². The number of phenolic OH excluding ortho intramolecular Hbond substituents is 1. The summed E-state index contributed by atoms with van der Waals surface area (Å²) in [6, 6.07) is 5.48. The second-order valence-electron chi connectivity index (χ2n) is 2.30. The van der Waals surface area contributed by atoms with Crippen LogP contribution in [0.15, 0.2) is 22.7 Å². The Labute approximate surface area is 86.5 Å². The Balaban J connectivity index is 0.00000121. The van der Waals surface area contributed by atoms with Gasteiger partial charge in [-0.25, -0.2) is 0 Å². The summed E-state index contributed by atoms with van der Waals surface area (Å²) in [5.41, 5.74) is 0.913. The Morgan fingerprint density at radius 2 is 2.17 bits per heavy atom. The zero-order chi connectivity index (χ0) is 8.27. The largest absolute Gasteiger partial charge is 0.508 e. The zero-order valence-electron chi connectivity index (χ0n) is 6.67. The second-order valence-corrected chi connectivity index (χ2v) is 3.22. The maximum atomic E-state index is 9.35. The number of benzene rings is 1. The molecule has 0 spiro atoms. The molecule has 0 atom stereocenters. The number of hydrogen-bond acceptors (Lipinski definition) is 2. The van der Waals surface area contributed by atoms with Crippen molar-refractivity contribution in [1.29, 1.82) is 0 Å². The lowest BCUT2D eigenvalue weighted by atomic mass is 10.2. The molecule has 1 rings (SSSR count). The Morgan fingerprint density at radius 3 is 2.67 bits per heavy atom. The van der Waals surface area contributed by atoms with Crippen LogP contribution in [0.2, 0.25) is 0 Å². The van der Waals surface area contributed by atoms with Crippen molar-refractivity contribution in [2.75, 3.05) is 7.05 Å². The topological polar surface area (TPSA) is 32.3 Å². The van der Waals surface area contributed by atoms with Crippen molar-refractivity contribution < 1.29 is 5.11 Å². The van der Waals surface area contributed by atoms with Crippen LogP contribution in [0.25, 0.3) is 0 Å². The van der Waals surface area contributed by atoms with Gasteiger partial charge in [0.25, 0.3) is 0 Å². The molecule has 0 saturated heterocycles. The summed E-state index contributed by atoms with van der Waals surface area (Å²) >= 11 is 3.27. The number of rotatable bonds is 2. The third kappa shape index (κ3) is 3.01. The molecule has 0 amide bonds. The number of hydrogen-bond donors (Lipinski definition) is 2. The standard InChI is InChI=1S/C8H10BrNO.ClH/c1-10-5-6-2-3-7(9)4-8(6)11;/h2-4,10-11H,5H2,1H3;1H. The number of halogens is 2. The van der Waals surface area contributed by atoms with E-state index in [1.165, 1.54) is 0 Å². The van der Waals surface area contributed by atoms with Crippen molar-refractivity contribution in [2.24, 2.45) is 0 Å². The van der Waals surface area contributed by atoms with Gasteiger partial charge in [-0.15, -0.1) is 12.4 Å². The van der Waals surface area contributed by atoms with Crippen LogP contribution in [-0.2, 0) is 6.54 Å². The van der Waals surface area contributed by atoms with Crippen molar-refractivity contribution in [2.45, 2.75) is 6.54 Å². The van der Waals surface area contributed by atoms with Gasteiger partial charge in [0.15, 0.2) is 0 Å². The van der Waals surface area contributed by atoms with Crippen LogP contribution in [0, 0.1) is 0 Å². The molecular weight excluding hydrogens is 241 g/mol. The first kappa shape index (κ1) is 11.8. The zero-order valence-corrected chi connectivity index (χ0v) is 9.08. The van der Waals surface area contributed by atoms with Gasteiger partial charge in [-0.2, -0.15) is 0 Å². The highest BCUT2D eigenvalue weighted by molar-refractivity contribution is 9.10. The van der Waals surface area contributed by atoms with E-state index in [2.05, 4.69) is 21.2 Å². The average Bonchev–Trinajstić information content (AvgIpc) is 1.95. The first-order valence-electron chi connectivity index (χ1n) is 3.36. The maximum Gasteiger partial charge on any atom is 0.121 e. The predicted octanol–water partition coefficient (Wildman–Crippen LogP) is 2.30. The van der Waals surface area contributed by atoms with Crippen LogP contribution in [0.5, 0.6) is 5.75 Å². The van der Waals surface area contributed by atoms with Gasteiger partial charge in [0.1, 0.15) is 5.75 Å². The first-order valence-corrected chi connectivity index (χ1v) is 4.15. The summed E-state index contributed by atoms with van der Waals surface area (Å²) in [6.45, 7) is 0.694. The molecule has 1 aromatic carbocycles. The molecule has 4 heteroatoms. The number of phenols is 1. The molecule has 12 heavy (non-hydrogen) atoms. The minimum Gasteiger partial charge on any atom is -0.508 e. The van der Waals surface area contributed by atoms with Crippen LogP contribution < -0.4 is 5.32 Å². The molecule has 0 unspecified atom stereocenters. The lowest BCUT2D eigenvalue weighted by Gasteiger charge is -2.02. The van der Waals surface area contributed by atoms with Crippen LogP contribution in [0.4, 0.5) is 0 Å². The first-order chi connectivity index (χ1) is 5.24. The van der Waals surface area contributed by atoms with E-state index in [4.69, 9.17) is 0 Å². The summed E-state index contributed by atoms with van der Waals surface area (Å²) in [4.78, 5) is 0. The van der Waals surface area contributed by atoms with E-state index in [1.807, 2.05) is 19.2 Å². The molecule has 0 heterocycles. The second kappa shape index (κ2) is 5.41. The van der Waals surface area contributed by atoms with Gasteiger partial charge in [-0.3, -0.25) is 0 Å². The van der Waals surface area contributed by atoms with Crippen molar-refractivity contribution in [3.8, 4) is 5.75 Å². The fraction of sp³-hybridized carbons (Fsp3) is 0.250. The minimum atomic E-state index is 0. The molecule has 0 aliphatic carbocycles. The van der Waals surface area contributed by atoms with E-state index in [-0.39, 0.29) is 12.4 Å². The quantitative estimate of drug-likeness (QED) is 0.846. The molecule has 0 saturated carbocycles. The summed E-state index contributed by atoms with van der Waals surface area (Å²) in [7, 11) is 1.85. The maximum absolute atomic E-state index is 9.35. The van der Waals surface area contributed by atoms with Crippen LogP contribution in [0.1, 0.15) is 5.56 Å². The summed E-state index contributed by atoms with van der Waals surface area (Å²) in [5, 5.41) is 12.3. The van der Waals surface area contributed by atoms with Crippen molar-refractivity contribution in [1.82, 2.24) is 5.32 Å². The minimum absolute atomic E-state index is 0. The summed E-state index contributed by atoms with van der Waals surface area (Å²) < 4.78 is 0.898. The Bertz CT molecular complexity index is 255. The van der Waals surface area contributed by atoms with Gasteiger partial charge < -0.3 is 10.4 Å². The van der Waals surface area contributed by atoms with E-state index in [0.717, 1.165) is 10.0 Å². The van der Waals surface area contributed by atoms with Crippen molar-refractivity contribution in [3.05, 3.63) is 28.2 Å². The molecule has 2 N–H and O–H groups in total. The van der Waals surface area contributed by atoms with Crippen LogP contribution >= 0.6 is 28.3 Å². The summed E-state index contributed by atoms with van der Waals surface area (Å²) in [5.74, 6) is 0.328. The highest BCUT2D eigenvalue weighted by atomic mass is 79.9. The Hall–Kier alpha value is -0.250. The van der Waals surface area contributed by atoms with E-state index >= 15 is 0 Å². The van der Waals surface area contributed by atoms with Gasteiger partial charge in [-0.05, 0) is 19.2 Å². The van der Waals surface area contributed by atoms with E-state index < -0.39 is 0 Å². The van der Waals surface area contributed by atoms with Gasteiger partial charge in [-0.1, -0.05) is 22.0 Å². The molecular formula is C8H11BrClNO. The van der Waals surface area contributed by atoms with Crippen molar-refractivity contribution >= 4 is 28.3 Å². The van der Waals surface area contributed by atoms with E-state index in [1.54, 1.807) is 6.07 Å². The molecule has 0 radical (unpaired) electrons. The molecule has 2 nitrogen and oxygen atoms in total.